The van der Waals surface area contributed by atoms with Gasteiger partial charge in [-0.05, 0) is 53.5 Å². The highest BCUT2D eigenvalue weighted by Gasteiger charge is 2.27. The Labute approximate surface area is 95.4 Å². The molecule has 90 valence electrons. The van der Waals surface area contributed by atoms with Gasteiger partial charge >= 0.3 is 0 Å². The summed E-state index contributed by atoms with van der Waals surface area (Å²) in [4.78, 5) is 2.68. The van der Waals surface area contributed by atoms with Crippen molar-refractivity contribution in [1.82, 2.24) is 10.2 Å². The number of nitrogens with zero attached hydrogens (tertiary/aromatic N) is 1. The summed E-state index contributed by atoms with van der Waals surface area (Å²) in [6.45, 7) is 13.8. The maximum Gasteiger partial charge on any atom is 0.0221 e. The largest absolute Gasteiger partial charge is 0.311 e. The minimum atomic E-state index is 0.246. The van der Waals surface area contributed by atoms with E-state index in [1.807, 2.05) is 0 Å². The molecule has 0 spiro atoms. The van der Waals surface area contributed by atoms with Gasteiger partial charge in [-0.3, -0.25) is 4.90 Å². The van der Waals surface area contributed by atoms with Crippen LogP contribution in [0.3, 0.4) is 0 Å². The highest BCUT2D eigenvalue weighted by molar-refractivity contribution is 4.84. The first-order valence-corrected chi connectivity index (χ1v) is 6.45. The van der Waals surface area contributed by atoms with E-state index in [0.717, 1.165) is 18.6 Å². The highest BCUT2D eigenvalue weighted by atomic mass is 15.2. The second-order valence-corrected chi connectivity index (χ2v) is 5.92. The Morgan fingerprint density at radius 1 is 1.40 bits per heavy atom. The predicted octanol–water partition coefficient (Wildman–Crippen LogP) is 2.64. The molecule has 15 heavy (non-hydrogen) atoms. The molecule has 0 aromatic heterocycles. The second kappa shape index (κ2) is 5.31. The Morgan fingerprint density at radius 3 is 2.47 bits per heavy atom. The van der Waals surface area contributed by atoms with E-state index in [0.29, 0.717) is 0 Å². The van der Waals surface area contributed by atoms with Crippen LogP contribution in [0.2, 0.25) is 0 Å². The molecule has 1 fully saturated rings. The molecule has 1 rings (SSSR count). The van der Waals surface area contributed by atoms with Gasteiger partial charge in [0.1, 0.15) is 0 Å². The summed E-state index contributed by atoms with van der Waals surface area (Å²) in [5, 5.41) is 3.63. The van der Waals surface area contributed by atoms with Gasteiger partial charge in [0, 0.05) is 24.2 Å². The van der Waals surface area contributed by atoms with Crippen LogP contribution >= 0.6 is 0 Å². The van der Waals surface area contributed by atoms with E-state index in [2.05, 4.69) is 44.8 Å². The van der Waals surface area contributed by atoms with Crippen LogP contribution in [0.4, 0.5) is 0 Å². The monoisotopic (exact) mass is 212 g/mol. The SMILES string of the molecule is CCC(CNC(C)(C)C)N1CCCC1C. The van der Waals surface area contributed by atoms with Gasteiger partial charge in [-0.2, -0.15) is 0 Å². The summed E-state index contributed by atoms with van der Waals surface area (Å²) < 4.78 is 0. The first-order chi connectivity index (χ1) is 6.94. The summed E-state index contributed by atoms with van der Waals surface area (Å²) in [6.07, 6.45) is 4.02. The van der Waals surface area contributed by atoms with E-state index in [-0.39, 0.29) is 5.54 Å². The van der Waals surface area contributed by atoms with Crippen molar-refractivity contribution in [3.05, 3.63) is 0 Å². The van der Waals surface area contributed by atoms with Crippen LogP contribution in [0, 0.1) is 0 Å². The molecule has 2 heteroatoms. The van der Waals surface area contributed by atoms with E-state index >= 15 is 0 Å². The van der Waals surface area contributed by atoms with Gasteiger partial charge in [0.25, 0.3) is 0 Å². The van der Waals surface area contributed by atoms with E-state index < -0.39 is 0 Å². The lowest BCUT2D eigenvalue weighted by molar-refractivity contribution is 0.172. The molecule has 0 saturated carbocycles. The molecule has 1 N–H and O–H groups in total. The normalized spacial score (nSPS) is 25.8. The van der Waals surface area contributed by atoms with E-state index in [1.165, 1.54) is 25.8 Å². The van der Waals surface area contributed by atoms with E-state index in [1.54, 1.807) is 0 Å². The maximum absolute atomic E-state index is 3.63. The van der Waals surface area contributed by atoms with Crippen LogP contribution < -0.4 is 5.32 Å². The third kappa shape index (κ3) is 4.12. The van der Waals surface area contributed by atoms with Crippen LogP contribution in [-0.2, 0) is 0 Å². The average molecular weight is 212 g/mol. The second-order valence-electron chi connectivity index (χ2n) is 5.92. The smallest absolute Gasteiger partial charge is 0.0221 e. The van der Waals surface area contributed by atoms with Crippen LogP contribution in [0.5, 0.6) is 0 Å². The van der Waals surface area contributed by atoms with Crippen LogP contribution in [0.25, 0.3) is 0 Å². The van der Waals surface area contributed by atoms with Crippen molar-refractivity contribution in [2.75, 3.05) is 13.1 Å². The van der Waals surface area contributed by atoms with E-state index in [4.69, 9.17) is 0 Å². The number of hydrogen-bond donors (Lipinski definition) is 1. The molecule has 1 heterocycles. The minimum absolute atomic E-state index is 0.246. The van der Waals surface area contributed by atoms with Crippen molar-refractivity contribution in [2.24, 2.45) is 0 Å². The summed E-state index contributed by atoms with van der Waals surface area (Å²) in [7, 11) is 0. The van der Waals surface area contributed by atoms with Crippen molar-refractivity contribution in [3.63, 3.8) is 0 Å². The lowest BCUT2D eigenvalue weighted by Gasteiger charge is -2.33. The number of likely N-dealkylation sites (tertiary alicyclic amines) is 1. The predicted molar refractivity (Wildman–Crippen MR) is 67.2 cm³/mol. The van der Waals surface area contributed by atoms with Crippen molar-refractivity contribution in [3.8, 4) is 0 Å². The molecule has 0 aromatic rings. The molecule has 2 atom stereocenters. The zero-order valence-corrected chi connectivity index (χ0v) is 11.1. The Balaban J connectivity index is 2.41. The molecule has 0 bridgehead atoms. The first-order valence-electron chi connectivity index (χ1n) is 6.45. The Morgan fingerprint density at radius 2 is 2.07 bits per heavy atom. The van der Waals surface area contributed by atoms with Gasteiger partial charge in [-0.15, -0.1) is 0 Å². The van der Waals surface area contributed by atoms with Crippen molar-refractivity contribution < 1.29 is 0 Å². The lowest BCUT2D eigenvalue weighted by Crippen LogP contribution is -2.48. The fourth-order valence-electron chi connectivity index (χ4n) is 2.42. The number of nitrogens with one attached hydrogen (secondary N) is 1. The molecule has 2 nitrogen and oxygen atoms in total. The summed E-state index contributed by atoms with van der Waals surface area (Å²) in [6, 6.07) is 1.51. The molecule has 0 aliphatic carbocycles. The van der Waals surface area contributed by atoms with Crippen molar-refractivity contribution >= 4 is 0 Å². The standard InChI is InChI=1S/C13H28N2/c1-6-12(10-14-13(3,4)5)15-9-7-8-11(15)2/h11-12,14H,6-10H2,1-5H3. The molecule has 0 aromatic carbocycles. The zero-order valence-electron chi connectivity index (χ0n) is 11.1. The Kier molecular flexibility index (Phi) is 4.60. The van der Waals surface area contributed by atoms with Gasteiger partial charge in [0.2, 0.25) is 0 Å². The van der Waals surface area contributed by atoms with Gasteiger partial charge in [-0.1, -0.05) is 6.92 Å². The van der Waals surface area contributed by atoms with Gasteiger partial charge in [0.15, 0.2) is 0 Å². The lowest BCUT2D eigenvalue weighted by atomic mass is 10.1. The average Bonchev–Trinajstić information content (AvgIpc) is 2.52. The molecule has 0 amide bonds. The third-order valence-corrected chi connectivity index (χ3v) is 3.41. The van der Waals surface area contributed by atoms with Crippen molar-refractivity contribution in [1.29, 1.82) is 0 Å². The molecule has 1 aliphatic rings. The van der Waals surface area contributed by atoms with Crippen molar-refractivity contribution in [2.45, 2.75) is 71.5 Å². The molecule has 1 aliphatic heterocycles. The zero-order chi connectivity index (χ0) is 11.5. The maximum atomic E-state index is 3.63. The molecular formula is C13H28N2. The summed E-state index contributed by atoms with van der Waals surface area (Å²) >= 11 is 0. The molecule has 2 unspecified atom stereocenters. The quantitative estimate of drug-likeness (QED) is 0.770. The fraction of sp³-hybridized carbons (Fsp3) is 1.00. The summed E-state index contributed by atoms with van der Waals surface area (Å²) in [5.74, 6) is 0. The first kappa shape index (κ1) is 13.0. The summed E-state index contributed by atoms with van der Waals surface area (Å²) in [5.41, 5.74) is 0.246. The Hall–Kier alpha value is -0.0800. The van der Waals surface area contributed by atoms with Crippen LogP contribution in [0.15, 0.2) is 0 Å². The third-order valence-electron chi connectivity index (χ3n) is 3.41. The molecule has 1 saturated heterocycles. The molecular weight excluding hydrogens is 184 g/mol. The van der Waals surface area contributed by atoms with Crippen LogP contribution in [-0.4, -0.2) is 35.6 Å². The van der Waals surface area contributed by atoms with Gasteiger partial charge in [0.05, 0.1) is 0 Å². The number of rotatable bonds is 4. The minimum Gasteiger partial charge on any atom is -0.311 e. The highest BCUT2D eigenvalue weighted by Crippen LogP contribution is 2.21. The topological polar surface area (TPSA) is 15.3 Å². The van der Waals surface area contributed by atoms with Gasteiger partial charge < -0.3 is 5.32 Å². The number of hydrogen-bond acceptors (Lipinski definition) is 2. The molecule has 0 radical (unpaired) electrons. The fourth-order valence-corrected chi connectivity index (χ4v) is 2.42. The van der Waals surface area contributed by atoms with E-state index in [9.17, 15) is 0 Å². The Bertz CT molecular complexity index is 183. The van der Waals surface area contributed by atoms with Gasteiger partial charge in [-0.25, -0.2) is 0 Å². The van der Waals surface area contributed by atoms with Crippen LogP contribution in [0.1, 0.15) is 53.9 Å².